The summed E-state index contributed by atoms with van der Waals surface area (Å²) in [6.07, 6.45) is 22.0. The lowest BCUT2D eigenvalue weighted by Crippen LogP contribution is -1.93. The van der Waals surface area contributed by atoms with E-state index in [1.54, 1.807) is 0 Å². The molecule has 0 aromatic rings. The number of carbonyl (C=O) groups is 1. The minimum Gasteiger partial charge on any atom is -0.481 e. The van der Waals surface area contributed by atoms with Crippen LogP contribution in [-0.4, -0.2) is 17.4 Å². The Kier molecular flexibility index (Phi) is 23.9. The van der Waals surface area contributed by atoms with Crippen LogP contribution < -0.4 is 5.73 Å². The van der Waals surface area contributed by atoms with Gasteiger partial charge in [0.1, 0.15) is 0 Å². The molecule has 0 aromatic carbocycles. The maximum Gasteiger partial charge on any atom is 0.303 e. The van der Waals surface area contributed by atoms with Crippen molar-refractivity contribution in [2.45, 2.75) is 96.8 Å². The lowest BCUT2D eigenvalue weighted by atomic mass is 10.1. The van der Waals surface area contributed by atoms with Crippen molar-refractivity contribution in [3.63, 3.8) is 0 Å². The molecule has 0 aliphatic heterocycles. The topological polar surface area (TPSA) is 87.2 Å². The summed E-state index contributed by atoms with van der Waals surface area (Å²) in [6.45, 7) is 2.26. The number of hydrogen-bond donors (Lipinski definition) is 3. The van der Waals surface area contributed by atoms with E-state index in [2.05, 4.69) is 24.8 Å². The van der Waals surface area contributed by atoms with Crippen LogP contribution in [0.5, 0.6) is 0 Å². The summed E-state index contributed by atoms with van der Waals surface area (Å²) in [5, 5.41) is 14.4. The number of rotatable bonds is 15. The molecule has 0 atom stereocenters. The fourth-order valence-corrected chi connectivity index (χ4v) is 2.35. The number of hydrogen-bond acceptors (Lipinski definition) is 2. The fraction of sp³-hybridized carbons (Fsp3) is 0.789. The predicted octanol–water partition coefficient (Wildman–Crippen LogP) is 5.66. The average Bonchev–Trinajstić information content (AvgIpc) is 2.51. The third kappa shape index (κ3) is 29.4. The van der Waals surface area contributed by atoms with Crippen molar-refractivity contribution in [3.05, 3.63) is 12.2 Å². The first-order chi connectivity index (χ1) is 11.2. The van der Waals surface area contributed by atoms with Gasteiger partial charge in [-0.2, -0.15) is 0 Å². The predicted molar refractivity (Wildman–Crippen MR) is 100 cm³/mol. The van der Waals surface area contributed by atoms with E-state index in [1.165, 1.54) is 70.6 Å². The van der Waals surface area contributed by atoms with Crippen LogP contribution in [-0.2, 0) is 4.79 Å². The third-order valence-electron chi connectivity index (χ3n) is 3.65. The average molecular weight is 327 g/mol. The maximum absolute atomic E-state index is 10.3. The molecule has 0 heterocycles. The molecule has 4 heteroatoms. The SMILES string of the molecule is CCCCCCCC/C=C\CCCCCCCC(=O)O.N=CN. The molecule has 0 saturated heterocycles. The minimum absolute atomic E-state index is 0.332. The molecular formula is C19H38N2O2. The zero-order valence-corrected chi connectivity index (χ0v) is 15.1. The summed E-state index contributed by atoms with van der Waals surface area (Å²) >= 11 is 0. The highest BCUT2D eigenvalue weighted by molar-refractivity contribution is 5.66. The lowest BCUT2D eigenvalue weighted by molar-refractivity contribution is -0.137. The number of allylic oxidation sites excluding steroid dienone is 2. The molecule has 0 amide bonds. The highest BCUT2D eigenvalue weighted by atomic mass is 16.4. The summed E-state index contributed by atoms with van der Waals surface area (Å²) in [4.78, 5) is 10.3. The number of carboxylic acid groups (broad SMARTS) is 1. The van der Waals surface area contributed by atoms with Gasteiger partial charge in [-0.15, -0.1) is 0 Å². The van der Waals surface area contributed by atoms with Crippen molar-refractivity contribution < 1.29 is 9.90 Å². The smallest absolute Gasteiger partial charge is 0.303 e. The molecule has 0 saturated carbocycles. The molecule has 0 unspecified atom stereocenters. The Balaban J connectivity index is 0. The first-order valence-electron chi connectivity index (χ1n) is 9.26. The lowest BCUT2D eigenvalue weighted by Gasteiger charge is -1.99. The van der Waals surface area contributed by atoms with Gasteiger partial charge in [0.15, 0.2) is 0 Å². The summed E-state index contributed by atoms with van der Waals surface area (Å²) in [5.74, 6) is -0.664. The molecule has 0 radical (unpaired) electrons. The van der Waals surface area contributed by atoms with Crippen LogP contribution in [0.25, 0.3) is 0 Å². The molecule has 23 heavy (non-hydrogen) atoms. The Bertz CT molecular complexity index is 279. The molecule has 0 aliphatic carbocycles. The van der Waals surface area contributed by atoms with Crippen molar-refractivity contribution in [2.75, 3.05) is 0 Å². The van der Waals surface area contributed by atoms with E-state index in [0.717, 1.165) is 19.2 Å². The Hall–Kier alpha value is -1.32. The Morgan fingerprint density at radius 2 is 1.26 bits per heavy atom. The van der Waals surface area contributed by atoms with Crippen molar-refractivity contribution >= 4 is 12.3 Å². The largest absolute Gasteiger partial charge is 0.481 e. The van der Waals surface area contributed by atoms with E-state index < -0.39 is 5.97 Å². The minimum atomic E-state index is -0.664. The highest BCUT2D eigenvalue weighted by Gasteiger charge is 1.95. The Labute approximate surface area is 143 Å². The number of unbranched alkanes of at least 4 members (excludes halogenated alkanes) is 11. The van der Waals surface area contributed by atoms with Gasteiger partial charge in [0.2, 0.25) is 0 Å². The van der Waals surface area contributed by atoms with Gasteiger partial charge < -0.3 is 10.8 Å². The second kappa shape index (κ2) is 23.0. The molecule has 0 spiro atoms. The fourth-order valence-electron chi connectivity index (χ4n) is 2.35. The van der Waals surface area contributed by atoms with Gasteiger partial charge in [-0.3, -0.25) is 10.2 Å². The van der Waals surface area contributed by atoms with Crippen molar-refractivity contribution in [1.82, 2.24) is 0 Å². The number of nitrogens with one attached hydrogen (secondary N) is 1. The molecule has 0 bridgehead atoms. The molecule has 0 aliphatic rings. The summed E-state index contributed by atoms with van der Waals surface area (Å²) in [6, 6.07) is 0. The van der Waals surface area contributed by atoms with Crippen LogP contribution in [0.3, 0.4) is 0 Å². The summed E-state index contributed by atoms with van der Waals surface area (Å²) in [7, 11) is 0. The quantitative estimate of drug-likeness (QED) is 0.157. The van der Waals surface area contributed by atoms with E-state index >= 15 is 0 Å². The van der Waals surface area contributed by atoms with Crippen molar-refractivity contribution in [1.29, 1.82) is 5.41 Å². The van der Waals surface area contributed by atoms with E-state index in [-0.39, 0.29) is 0 Å². The molecule has 4 N–H and O–H groups in total. The van der Waals surface area contributed by atoms with Gasteiger partial charge >= 0.3 is 5.97 Å². The Morgan fingerprint density at radius 3 is 1.70 bits per heavy atom. The zero-order valence-electron chi connectivity index (χ0n) is 15.1. The first kappa shape index (κ1) is 23.9. The number of nitrogens with two attached hydrogens (primary N) is 1. The van der Waals surface area contributed by atoms with Gasteiger partial charge in [0.25, 0.3) is 0 Å². The van der Waals surface area contributed by atoms with Crippen molar-refractivity contribution in [2.24, 2.45) is 5.73 Å². The molecular weight excluding hydrogens is 288 g/mol. The van der Waals surface area contributed by atoms with Crippen LogP contribution >= 0.6 is 0 Å². The third-order valence-corrected chi connectivity index (χ3v) is 3.65. The van der Waals surface area contributed by atoms with E-state index in [1.807, 2.05) is 0 Å². The zero-order chi connectivity index (χ0) is 17.6. The highest BCUT2D eigenvalue weighted by Crippen LogP contribution is 2.09. The van der Waals surface area contributed by atoms with Gasteiger partial charge in [0, 0.05) is 6.42 Å². The summed E-state index contributed by atoms with van der Waals surface area (Å²) in [5.41, 5.74) is 4.39. The molecule has 4 nitrogen and oxygen atoms in total. The molecule has 0 aromatic heterocycles. The van der Waals surface area contributed by atoms with E-state index in [0.29, 0.717) is 6.42 Å². The molecule has 0 fully saturated rings. The van der Waals surface area contributed by atoms with Crippen LogP contribution in [0.4, 0.5) is 0 Å². The van der Waals surface area contributed by atoms with Gasteiger partial charge in [-0.05, 0) is 32.1 Å². The van der Waals surface area contributed by atoms with Gasteiger partial charge in [-0.1, -0.05) is 70.4 Å². The van der Waals surface area contributed by atoms with E-state index in [9.17, 15) is 4.79 Å². The normalized spacial score (nSPS) is 10.3. The van der Waals surface area contributed by atoms with E-state index in [4.69, 9.17) is 10.5 Å². The van der Waals surface area contributed by atoms with Crippen molar-refractivity contribution in [3.8, 4) is 0 Å². The van der Waals surface area contributed by atoms with Crippen LogP contribution in [0.2, 0.25) is 0 Å². The van der Waals surface area contributed by atoms with Crippen LogP contribution in [0, 0.1) is 5.41 Å². The first-order valence-corrected chi connectivity index (χ1v) is 9.26. The standard InChI is InChI=1S/C18H34O2.CH4N2/c1-2-3-4-5-6-7-8-9-10-11-12-13-14-15-16-17-18(19)20;2-1-3/h9-10H,2-8,11-17H2,1H3,(H,19,20);1H,(H3,2,3)/b10-9-;. The second-order valence-electron chi connectivity index (χ2n) is 5.89. The second-order valence-corrected chi connectivity index (χ2v) is 5.89. The molecule has 136 valence electrons. The van der Waals surface area contributed by atoms with Gasteiger partial charge in [0.05, 0.1) is 6.34 Å². The maximum atomic E-state index is 10.3. The molecule has 0 rings (SSSR count). The summed E-state index contributed by atoms with van der Waals surface area (Å²) < 4.78 is 0. The Morgan fingerprint density at radius 1 is 0.870 bits per heavy atom. The monoisotopic (exact) mass is 326 g/mol. The van der Waals surface area contributed by atoms with Crippen LogP contribution in [0.1, 0.15) is 96.8 Å². The number of carboxylic acids is 1. The number of aliphatic carboxylic acids is 1. The van der Waals surface area contributed by atoms with Gasteiger partial charge in [-0.25, -0.2) is 0 Å². The van der Waals surface area contributed by atoms with Crippen LogP contribution in [0.15, 0.2) is 12.2 Å².